The average molecular weight is 185 g/mol. The molecule has 3 nitrogen and oxygen atoms in total. The predicted molar refractivity (Wildman–Crippen MR) is 50.6 cm³/mol. The first kappa shape index (κ1) is 9.44. The maximum Gasteiger partial charge on any atom is 0.0823 e. The Morgan fingerprint density at radius 2 is 2.00 bits per heavy atom. The number of rotatable bonds is 3. The van der Waals surface area contributed by atoms with Crippen LogP contribution in [0.1, 0.15) is 25.7 Å². The Kier molecular flexibility index (Phi) is 3.19. The zero-order valence-electron chi connectivity index (χ0n) is 8.04. The molecule has 2 atom stereocenters. The molecule has 2 rings (SSSR count). The minimum Gasteiger partial charge on any atom is -0.393 e. The summed E-state index contributed by atoms with van der Waals surface area (Å²) in [5.41, 5.74) is 0. The SMILES string of the molecule is OC1CCCCC1COC1CNC1. The summed E-state index contributed by atoms with van der Waals surface area (Å²) in [5, 5.41) is 12.8. The molecule has 0 aromatic carbocycles. The lowest BCUT2D eigenvalue weighted by Crippen LogP contribution is -2.49. The molecule has 0 radical (unpaired) electrons. The molecule has 1 aliphatic heterocycles. The number of nitrogens with one attached hydrogen (secondary N) is 1. The summed E-state index contributed by atoms with van der Waals surface area (Å²) in [7, 11) is 0. The van der Waals surface area contributed by atoms with E-state index in [0.29, 0.717) is 12.0 Å². The van der Waals surface area contributed by atoms with Crippen molar-refractivity contribution in [3.63, 3.8) is 0 Å². The van der Waals surface area contributed by atoms with Crippen LogP contribution in [0.15, 0.2) is 0 Å². The summed E-state index contributed by atoms with van der Waals surface area (Å²) in [6.45, 7) is 2.74. The topological polar surface area (TPSA) is 41.5 Å². The summed E-state index contributed by atoms with van der Waals surface area (Å²) in [4.78, 5) is 0. The van der Waals surface area contributed by atoms with Gasteiger partial charge in [0.1, 0.15) is 0 Å². The molecule has 76 valence electrons. The lowest BCUT2D eigenvalue weighted by molar-refractivity contribution is -0.0420. The monoisotopic (exact) mass is 185 g/mol. The Hall–Kier alpha value is -0.120. The summed E-state index contributed by atoms with van der Waals surface area (Å²) in [5.74, 6) is 0.398. The maximum atomic E-state index is 9.68. The third-order valence-electron chi connectivity index (χ3n) is 3.16. The van der Waals surface area contributed by atoms with Crippen LogP contribution in [0.2, 0.25) is 0 Å². The summed E-state index contributed by atoms with van der Waals surface area (Å²) < 4.78 is 5.67. The van der Waals surface area contributed by atoms with Crippen molar-refractivity contribution in [2.75, 3.05) is 19.7 Å². The highest BCUT2D eigenvalue weighted by Crippen LogP contribution is 2.24. The molecular weight excluding hydrogens is 166 g/mol. The first-order valence-electron chi connectivity index (χ1n) is 5.36. The van der Waals surface area contributed by atoms with Crippen LogP contribution in [0.5, 0.6) is 0 Å². The van der Waals surface area contributed by atoms with Gasteiger partial charge >= 0.3 is 0 Å². The lowest BCUT2D eigenvalue weighted by Gasteiger charge is -2.32. The van der Waals surface area contributed by atoms with Gasteiger partial charge in [0.05, 0.1) is 18.8 Å². The Bertz CT molecular complexity index is 159. The molecule has 0 aromatic rings. The quantitative estimate of drug-likeness (QED) is 0.674. The summed E-state index contributed by atoms with van der Waals surface area (Å²) in [6, 6.07) is 0. The van der Waals surface area contributed by atoms with Gasteiger partial charge in [-0.3, -0.25) is 0 Å². The van der Waals surface area contributed by atoms with E-state index >= 15 is 0 Å². The second kappa shape index (κ2) is 4.40. The van der Waals surface area contributed by atoms with Crippen LogP contribution in [-0.4, -0.2) is 37.0 Å². The van der Waals surface area contributed by atoms with Gasteiger partial charge in [-0.2, -0.15) is 0 Å². The molecule has 1 heterocycles. The van der Waals surface area contributed by atoms with Gasteiger partial charge in [-0.25, -0.2) is 0 Å². The summed E-state index contributed by atoms with van der Waals surface area (Å²) in [6.07, 6.45) is 4.85. The van der Waals surface area contributed by atoms with Crippen LogP contribution in [0.25, 0.3) is 0 Å². The van der Waals surface area contributed by atoms with E-state index in [4.69, 9.17) is 4.74 Å². The third kappa shape index (κ3) is 2.42. The molecule has 0 amide bonds. The lowest BCUT2D eigenvalue weighted by atomic mass is 9.87. The van der Waals surface area contributed by atoms with E-state index in [0.717, 1.165) is 32.5 Å². The number of ether oxygens (including phenoxy) is 1. The molecule has 2 unspecified atom stereocenters. The van der Waals surface area contributed by atoms with Gasteiger partial charge < -0.3 is 15.2 Å². The standard InChI is InChI=1S/C10H19NO2/c12-10-4-2-1-3-8(10)7-13-9-5-11-6-9/h8-12H,1-7H2. The van der Waals surface area contributed by atoms with Crippen LogP contribution in [0.4, 0.5) is 0 Å². The molecule has 2 N–H and O–H groups in total. The van der Waals surface area contributed by atoms with Crippen LogP contribution in [0.3, 0.4) is 0 Å². The van der Waals surface area contributed by atoms with Crippen molar-refractivity contribution in [3.8, 4) is 0 Å². The molecular formula is C10H19NO2. The van der Waals surface area contributed by atoms with E-state index in [9.17, 15) is 5.11 Å². The Morgan fingerprint density at radius 1 is 1.23 bits per heavy atom. The van der Waals surface area contributed by atoms with Crippen molar-refractivity contribution < 1.29 is 9.84 Å². The van der Waals surface area contributed by atoms with E-state index in [2.05, 4.69) is 5.32 Å². The molecule has 0 bridgehead atoms. The fraction of sp³-hybridized carbons (Fsp3) is 1.00. The van der Waals surface area contributed by atoms with Gasteiger partial charge in [0, 0.05) is 19.0 Å². The predicted octanol–water partition coefficient (Wildman–Crippen LogP) is 0.526. The van der Waals surface area contributed by atoms with Crippen molar-refractivity contribution >= 4 is 0 Å². The van der Waals surface area contributed by atoms with Gasteiger partial charge in [-0.1, -0.05) is 12.8 Å². The first-order chi connectivity index (χ1) is 6.36. The van der Waals surface area contributed by atoms with Gasteiger partial charge in [-0.05, 0) is 12.8 Å². The van der Waals surface area contributed by atoms with Gasteiger partial charge in [0.2, 0.25) is 0 Å². The zero-order chi connectivity index (χ0) is 9.10. The van der Waals surface area contributed by atoms with Crippen molar-refractivity contribution in [1.82, 2.24) is 5.32 Å². The average Bonchev–Trinajstić information content (AvgIpc) is 2.05. The second-order valence-corrected chi connectivity index (χ2v) is 4.23. The van der Waals surface area contributed by atoms with Crippen molar-refractivity contribution in [2.24, 2.45) is 5.92 Å². The molecule has 0 spiro atoms. The van der Waals surface area contributed by atoms with Crippen LogP contribution in [0, 0.1) is 5.92 Å². The second-order valence-electron chi connectivity index (χ2n) is 4.23. The third-order valence-corrected chi connectivity index (χ3v) is 3.16. The number of aliphatic hydroxyl groups is 1. The van der Waals surface area contributed by atoms with E-state index in [1.807, 2.05) is 0 Å². The minimum atomic E-state index is -0.109. The molecule has 0 aromatic heterocycles. The normalized spacial score (nSPS) is 35.8. The van der Waals surface area contributed by atoms with Crippen molar-refractivity contribution in [3.05, 3.63) is 0 Å². The molecule has 1 saturated heterocycles. The van der Waals surface area contributed by atoms with E-state index in [1.165, 1.54) is 12.8 Å². The first-order valence-corrected chi connectivity index (χ1v) is 5.36. The minimum absolute atomic E-state index is 0.109. The Morgan fingerprint density at radius 3 is 2.62 bits per heavy atom. The van der Waals surface area contributed by atoms with Crippen molar-refractivity contribution in [2.45, 2.75) is 37.9 Å². The van der Waals surface area contributed by atoms with Gasteiger partial charge in [0.25, 0.3) is 0 Å². The van der Waals surface area contributed by atoms with Gasteiger partial charge in [0.15, 0.2) is 0 Å². The molecule has 2 aliphatic rings. The van der Waals surface area contributed by atoms with Crippen LogP contribution in [-0.2, 0) is 4.74 Å². The highest BCUT2D eigenvalue weighted by Gasteiger charge is 2.25. The van der Waals surface area contributed by atoms with E-state index in [1.54, 1.807) is 0 Å². The molecule has 1 aliphatic carbocycles. The molecule has 1 saturated carbocycles. The van der Waals surface area contributed by atoms with Crippen LogP contribution < -0.4 is 5.32 Å². The van der Waals surface area contributed by atoms with Crippen LogP contribution >= 0.6 is 0 Å². The highest BCUT2D eigenvalue weighted by atomic mass is 16.5. The Labute approximate surface area is 79.5 Å². The fourth-order valence-corrected chi connectivity index (χ4v) is 2.02. The van der Waals surface area contributed by atoms with E-state index in [-0.39, 0.29) is 6.10 Å². The Balaban J connectivity index is 1.66. The summed E-state index contributed by atoms with van der Waals surface area (Å²) >= 11 is 0. The molecule has 13 heavy (non-hydrogen) atoms. The molecule has 2 fully saturated rings. The smallest absolute Gasteiger partial charge is 0.0823 e. The van der Waals surface area contributed by atoms with Crippen molar-refractivity contribution in [1.29, 1.82) is 0 Å². The number of hydrogen-bond acceptors (Lipinski definition) is 3. The fourth-order valence-electron chi connectivity index (χ4n) is 2.02. The van der Waals surface area contributed by atoms with Gasteiger partial charge in [-0.15, -0.1) is 0 Å². The zero-order valence-corrected chi connectivity index (χ0v) is 8.04. The number of hydrogen-bond donors (Lipinski definition) is 2. The highest BCUT2D eigenvalue weighted by molar-refractivity contribution is 4.78. The number of aliphatic hydroxyl groups excluding tert-OH is 1. The molecule has 3 heteroatoms. The largest absolute Gasteiger partial charge is 0.393 e. The maximum absolute atomic E-state index is 9.68. The van der Waals surface area contributed by atoms with E-state index < -0.39 is 0 Å².